The van der Waals surface area contributed by atoms with Crippen LogP contribution in [-0.4, -0.2) is 49.5 Å². The number of likely N-dealkylation sites (tertiary alicyclic amines) is 1. The van der Waals surface area contributed by atoms with Crippen molar-refractivity contribution in [2.45, 2.75) is 56.9 Å². The minimum atomic E-state index is 0.154. The van der Waals surface area contributed by atoms with Crippen molar-refractivity contribution in [1.82, 2.24) is 15.5 Å². The van der Waals surface area contributed by atoms with E-state index in [2.05, 4.69) is 34.7 Å². The van der Waals surface area contributed by atoms with Crippen molar-refractivity contribution in [3.8, 4) is 0 Å². The lowest BCUT2D eigenvalue weighted by Crippen LogP contribution is -2.45. The van der Waals surface area contributed by atoms with Gasteiger partial charge in [-0.3, -0.25) is 9.79 Å². The van der Waals surface area contributed by atoms with Crippen molar-refractivity contribution < 1.29 is 4.79 Å². The van der Waals surface area contributed by atoms with Gasteiger partial charge in [0.25, 0.3) is 0 Å². The van der Waals surface area contributed by atoms with E-state index >= 15 is 0 Å². The van der Waals surface area contributed by atoms with Crippen LogP contribution in [0.5, 0.6) is 0 Å². The topological polar surface area (TPSA) is 56.7 Å². The Morgan fingerprint density at radius 2 is 2.15 bits per heavy atom. The van der Waals surface area contributed by atoms with Gasteiger partial charge >= 0.3 is 0 Å². The van der Waals surface area contributed by atoms with E-state index in [1.165, 1.54) is 12.0 Å². The largest absolute Gasteiger partial charge is 0.356 e. The second-order valence-electron chi connectivity index (χ2n) is 7.83. The molecule has 6 heteroatoms. The lowest BCUT2D eigenvalue weighted by atomic mass is 9.96. The highest BCUT2D eigenvalue weighted by Crippen LogP contribution is 2.48. The fraction of sp³-hybridized carbons (Fsp3) is 0.619. The summed E-state index contributed by atoms with van der Waals surface area (Å²) in [5.74, 6) is 0.991. The molecule has 148 valence electrons. The zero-order valence-corrected chi connectivity index (χ0v) is 17.2. The Morgan fingerprint density at radius 3 is 2.81 bits per heavy atom. The number of carbonyl (C=O) groups is 1. The van der Waals surface area contributed by atoms with Crippen molar-refractivity contribution in [2.24, 2.45) is 4.99 Å². The van der Waals surface area contributed by atoms with Crippen LogP contribution in [0.1, 0.15) is 51.0 Å². The number of nitrogens with zero attached hydrogens (tertiary/aromatic N) is 2. The first-order chi connectivity index (χ1) is 13.0. The fourth-order valence-electron chi connectivity index (χ4n) is 3.91. The molecule has 1 saturated carbocycles. The molecule has 1 amide bonds. The second-order valence-corrected chi connectivity index (χ2v) is 8.26. The third-order valence-electron chi connectivity index (χ3n) is 5.86. The Kier molecular flexibility index (Phi) is 6.64. The van der Waals surface area contributed by atoms with E-state index in [-0.39, 0.29) is 11.3 Å². The Bertz CT molecular complexity index is 687. The number of piperidine rings is 1. The van der Waals surface area contributed by atoms with Gasteiger partial charge in [0.15, 0.2) is 5.96 Å². The van der Waals surface area contributed by atoms with Crippen LogP contribution in [0.2, 0.25) is 5.02 Å². The van der Waals surface area contributed by atoms with Crippen LogP contribution in [0.15, 0.2) is 29.3 Å². The number of aliphatic imine (C=N–C) groups is 1. The number of halogens is 1. The maximum Gasteiger partial charge on any atom is 0.224 e. The van der Waals surface area contributed by atoms with Gasteiger partial charge in [0.1, 0.15) is 0 Å². The van der Waals surface area contributed by atoms with Gasteiger partial charge in [-0.2, -0.15) is 0 Å². The molecule has 0 radical (unpaired) electrons. The van der Waals surface area contributed by atoms with E-state index < -0.39 is 0 Å². The van der Waals surface area contributed by atoms with Gasteiger partial charge < -0.3 is 15.5 Å². The smallest absolute Gasteiger partial charge is 0.224 e. The van der Waals surface area contributed by atoms with Gasteiger partial charge in [-0.25, -0.2) is 0 Å². The number of guanidine groups is 1. The second kappa shape index (κ2) is 8.96. The van der Waals surface area contributed by atoms with Gasteiger partial charge in [0.2, 0.25) is 5.91 Å². The Morgan fingerprint density at radius 1 is 1.33 bits per heavy atom. The number of carbonyl (C=O) groups excluding carboxylic acids is 1. The molecule has 2 N–H and O–H groups in total. The summed E-state index contributed by atoms with van der Waals surface area (Å²) >= 11 is 6.15. The van der Waals surface area contributed by atoms with Gasteiger partial charge in [-0.05, 0) is 56.7 Å². The molecular formula is C21H31ClN4O. The molecule has 0 aromatic heterocycles. The molecule has 1 aromatic carbocycles. The molecule has 0 spiro atoms. The van der Waals surface area contributed by atoms with E-state index in [0.29, 0.717) is 19.0 Å². The van der Waals surface area contributed by atoms with Crippen LogP contribution in [-0.2, 0) is 10.2 Å². The van der Waals surface area contributed by atoms with Gasteiger partial charge in [0.05, 0.1) is 0 Å². The molecule has 1 unspecified atom stereocenters. The monoisotopic (exact) mass is 390 g/mol. The van der Waals surface area contributed by atoms with E-state index in [0.717, 1.165) is 49.8 Å². The third kappa shape index (κ3) is 5.16. The Balaban J connectivity index is 1.44. The average molecular weight is 391 g/mol. The molecule has 1 aliphatic heterocycles. The fourth-order valence-corrected chi connectivity index (χ4v) is 4.10. The predicted octanol–water partition coefficient (Wildman–Crippen LogP) is 3.33. The standard InChI is InChI=1S/C21H31ClN4O/c1-16-6-3-4-13-26(16)19(27)9-12-24-20(23-2)25-15-21(10-11-21)17-7-5-8-18(22)14-17/h5,7-8,14,16H,3-4,6,9-13,15H2,1-2H3,(H2,23,24,25). The number of hydrogen-bond acceptors (Lipinski definition) is 2. The van der Waals surface area contributed by atoms with Crippen molar-refractivity contribution in [1.29, 1.82) is 0 Å². The normalized spacial score (nSPS) is 21.7. The molecule has 27 heavy (non-hydrogen) atoms. The molecule has 1 aromatic rings. The molecule has 2 aliphatic rings. The van der Waals surface area contributed by atoms with Gasteiger partial charge in [0, 0.05) is 49.6 Å². The van der Waals surface area contributed by atoms with E-state index in [4.69, 9.17) is 11.6 Å². The molecule has 1 heterocycles. The van der Waals surface area contributed by atoms with Crippen LogP contribution in [0.3, 0.4) is 0 Å². The van der Waals surface area contributed by atoms with E-state index in [1.807, 2.05) is 17.0 Å². The van der Waals surface area contributed by atoms with Gasteiger partial charge in [-0.1, -0.05) is 23.7 Å². The molecule has 1 saturated heterocycles. The summed E-state index contributed by atoms with van der Waals surface area (Å²) < 4.78 is 0. The van der Waals surface area contributed by atoms with Crippen molar-refractivity contribution in [3.63, 3.8) is 0 Å². The van der Waals surface area contributed by atoms with Crippen LogP contribution < -0.4 is 10.6 Å². The first kappa shape index (κ1) is 20.0. The zero-order valence-electron chi connectivity index (χ0n) is 16.4. The number of benzene rings is 1. The first-order valence-electron chi connectivity index (χ1n) is 10.0. The quantitative estimate of drug-likeness (QED) is 0.578. The number of rotatable bonds is 6. The lowest BCUT2D eigenvalue weighted by Gasteiger charge is -2.33. The summed E-state index contributed by atoms with van der Waals surface area (Å²) in [4.78, 5) is 18.8. The molecule has 0 bridgehead atoms. The summed E-state index contributed by atoms with van der Waals surface area (Å²) in [6, 6.07) is 8.50. The SMILES string of the molecule is CN=C(NCCC(=O)N1CCCCC1C)NCC1(c2cccc(Cl)c2)CC1. The Hall–Kier alpha value is -1.75. The highest BCUT2D eigenvalue weighted by atomic mass is 35.5. The van der Waals surface area contributed by atoms with Gasteiger partial charge in [-0.15, -0.1) is 0 Å². The summed E-state index contributed by atoms with van der Waals surface area (Å²) in [5, 5.41) is 7.49. The van der Waals surface area contributed by atoms with Crippen LogP contribution in [0, 0.1) is 0 Å². The van der Waals surface area contributed by atoms with Crippen LogP contribution in [0.4, 0.5) is 0 Å². The summed E-state index contributed by atoms with van der Waals surface area (Å²) in [6.07, 6.45) is 6.29. The minimum Gasteiger partial charge on any atom is -0.356 e. The molecule has 1 aliphatic carbocycles. The maximum atomic E-state index is 12.4. The average Bonchev–Trinajstić information content (AvgIpc) is 3.46. The molecule has 2 fully saturated rings. The number of hydrogen-bond donors (Lipinski definition) is 2. The summed E-state index contributed by atoms with van der Waals surface area (Å²) in [6.45, 7) is 4.47. The molecule has 5 nitrogen and oxygen atoms in total. The van der Waals surface area contributed by atoms with E-state index in [9.17, 15) is 4.79 Å². The first-order valence-corrected chi connectivity index (χ1v) is 10.4. The van der Waals surface area contributed by atoms with E-state index in [1.54, 1.807) is 7.05 Å². The summed E-state index contributed by atoms with van der Waals surface area (Å²) in [7, 11) is 1.77. The number of nitrogens with one attached hydrogen (secondary N) is 2. The van der Waals surface area contributed by atoms with Crippen molar-refractivity contribution in [2.75, 3.05) is 26.7 Å². The predicted molar refractivity (Wildman–Crippen MR) is 111 cm³/mol. The van der Waals surface area contributed by atoms with Crippen molar-refractivity contribution >= 4 is 23.5 Å². The highest BCUT2D eigenvalue weighted by molar-refractivity contribution is 6.30. The molecule has 1 atom stereocenters. The zero-order chi connectivity index (χ0) is 19.3. The third-order valence-corrected chi connectivity index (χ3v) is 6.10. The Labute approximate surface area is 167 Å². The van der Waals surface area contributed by atoms with Crippen LogP contribution in [0.25, 0.3) is 0 Å². The van der Waals surface area contributed by atoms with Crippen molar-refractivity contribution in [3.05, 3.63) is 34.9 Å². The van der Waals surface area contributed by atoms with Crippen LogP contribution >= 0.6 is 11.6 Å². The maximum absolute atomic E-state index is 12.4. The number of amides is 1. The highest BCUT2D eigenvalue weighted by Gasteiger charge is 2.44. The summed E-state index contributed by atoms with van der Waals surface area (Å²) in [5.41, 5.74) is 1.44. The molecule has 3 rings (SSSR count). The lowest BCUT2D eigenvalue weighted by molar-refractivity contribution is -0.134. The molecular weight excluding hydrogens is 360 g/mol. The minimum absolute atomic E-state index is 0.154.